The Kier molecular flexibility index (Phi) is 3.97. The first-order valence-electron chi connectivity index (χ1n) is 11.0. The van der Waals surface area contributed by atoms with Crippen LogP contribution in [-0.2, 0) is 16.6 Å². The van der Waals surface area contributed by atoms with Gasteiger partial charge in [0.05, 0.1) is 11.8 Å². The lowest BCUT2D eigenvalue weighted by Gasteiger charge is -2.33. The molecular weight excluding hydrogens is 382 g/mol. The van der Waals surface area contributed by atoms with E-state index in [1.165, 1.54) is 22.2 Å². The van der Waals surface area contributed by atoms with E-state index in [0.717, 1.165) is 29.7 Å². The second kappa shape index (κ2) is 6.74. The molecule has 4 nitrogen and oxygen atoms in total. The SMILES string of the molecule is Cc1c(C23CCN(C(=O)Cc4ccccc4)C2Nc2ccccc23)[nH]c2ccccc12. The molecule has 154 valence electrons. The van der Waals surface area contributed by atoms with Gasteiger partial charge in [0.1, 0.15) is 6.17 Å². The zero-order chi connectivity index (χ0) is 21.0. The summed E-state index contributed by atoms with van der Waals surface area (Å²) in [5.74, 6) is 0.173. The van der Waals surface area contributed by atoms with E-state index in [9.17, 15) is 4.79 Å². The molecule has 0 spiro atoms. The van der Waals surface area contributed by atoms with Gasteiger partial charge < -0.3 is 15.2 Å². The topological polar surface area (TPSA) is 48.1 Å². The molecule has 31 heavy (non-hydrogen) atoms. The molecule has 1 amide bonds. The van der Waals surface area contributed by atoms with Crippen LogP contribution in [0, 0.1) is 6.92 Å². The summed E-state index contributed by atoms with van der Waals surface area (Å²) in [4.78, 5) is 19.2. The quantitative estimate of drug-likeness (QED) is 0.503. The number of para-hydroxylation sites is 2. The Morgan fingerprint density at radius 1 is 1.00 bits per heavy atom. The lowest BCUT2D eigenvalue weighted by Crippen LogP contribution is -2.47. The fourth-order valence-electron chi connectivity index (χ4n) is 5.72. The Morgan fingerprint density at radius 2 is 1.74 bits per heavy atom. The molecule has 2 atom stereocenters. The highest BCUT2D eigenvalue weighted by atomic mass is 16.2. The number of aromatic amines is 1. The summed E-state index contributed by atoms with van der Waals surface area (Å²) in [5, 5.41) is 4.96. The number of fused-ring (bicyclic) bond motifs is 4. The number of anilines is 1. The molecule has 1 fully saturated rings. The lowest BCUT2D eigenvalue weighted by atomic mass is 9.75. The average Bonchev–Trinajstić information content (AvgIpc) is 3.43. The van der Waals surface area contributed by atoms with E-state index in [0.29, 0.717) is 6.42 Å². The third kappa shape index (κ3) is 2.57. The summed E-state index contributed by atoms with van der Waals surface area (Å²) in [6.07, 6.45) is 1.24. The minimum Gasteiger partial charge on any atom is -0.364 e. The van der Waals surface area contributed by atoms with Crippen molar-refractivity contribution in [3.05, 3.63) is 101 Å². The van der Waals surface area contributed by atoms with Crippen molar-refractivity contribution in [1.82, 2.24) is 9.88 Å². The van der Waals surface area contributed by atoms with Crippen LogP contribution >= 0.6 is 0 Å². The maximum Gasteiger partial charge on any atom is 0.228 e. The van der Waals surface area contributed by atoms with Crippen molar-refractivity contribution < 1.29 is 4.79 Å². The van der Waals surface area contributed by atoms with E-state index in [4.69, 9.17) is 0 Å². The maximum absolute atomic E-state index is 13.4. The fraction of sp³-hybridized carbons (Fsp3) is 0.222. The van der Waals surface area contributed by atoms with Crippen molar-refractivity contribution in [2.24, 2.45) is 0 Å². The van der Waals surface area contributed by atoms with Crippen LogP contribution in [0.15, 0.2) is 78.9 Å². The molecule has 0 aliphatic carbocycles. The monoisotopic (exact) mass is 407 g/mol. The highest BCUT2D eigenvalue weighted by Gasteiger charge is 2.57. The number of rotatable bonds is 3. The van der Waals surface area contributed by atoms with Crippen LogP contribution in [0.25, 0.3) is 10.9 Å². The third-order valence-corrected chi connectivity index (χ3v) is 7.16. The number of carbonyl (C=O) groups is 1. The molecule has 1 saturated heterocycles. The minimum absolute atomic E-state index is 0.0899. The lowest BCUT2D eigenvalue weighted by molar-refractivity contribution is -0.131. The van der Waals surface area contributed by atoms with Crippen LogP contribution in [0.1, 0.15) is 28.8 Å². The molecule has 1 aromatic heterocycles. The maximum atomic E-state index is 13.4. The summed E-state index contributed by atoms with van der Waals surface area (Å²) < 4.78 is 0. The zero-order valence-corrected chi connectivity index (χ0v) is 17.6. The molecule has 3 aromatic carbocycles. The molecule has 0 radical (unpaired) electrons. The molecule has 2 aliphatic heterocycles. The van der Waals surface area contributed by atoms with Gasteiger partial charge in [-0.3, -0.25) is 4.79 Å². The van der Waals surface area contributed by atoms with Gasteiger partial charge in [-0.05, 0) is 42.2 Å². The number of hydrogen-bond donors (Lipinski definition) is 2. The Balaban J connectivity index is 1.47. The van der Waals surface area contributed by atoms with Crippen LogP contribution in [0.5, 0.6) is 0 Å². The standard InChI is InChI=1S/C27H25N3O/c1-18-20-11-5-7-13-22(20)28-25(18)27-15-16-30(24(31)17-19-9-3-2-4-10-19)26(27)29-23-14-8-6-12-21(23)27/h2-14,26,28-29H,15-17H2,1H3. The van der Waals surface area contributed by atoms with Gasteiger partial charge >= 0.3 is 0 Å². The van der Waals surface area contributed by atoms with Crippen molar-refractivity contribution >= 4 is 22.5 Å². The summed E-state index contributed by atoms with van der Waals surface area (Å²) in [6, 6.07) is 27.0. The highest BCUT2D eigenvalue weighted by molar-refractivity contribution is 5.87. The second-order valence-corrected chi connectivity index (χ2v) is 8.73. The minimum atomic E-state index is -0.272. The number of aromatic nitrogens is 1. The predicted octanol–water partition coefficient (Wildman–Crippen LogP) is 4.99. The number of nitrogens with zero attached hydrogens (tertiary/aromatic N) is 1. The molecule has 2 unspecified atom stereocenters. The van der Waals surface area contributed by atoms with Crippen LogP contribution < -0.4 is 5.32 Å². The molecule has 4 aromatic rings. The van der Waals surface area contributed by atoms with Gasteiger partial charge in [-0.1, -0.05) is 66.7 Å². The average molecular weight is 408 g/mol. The van der Waals surface area contributed by atoms with Crippen LogP contribution in [-0.4, -0.2) is 28.5 Å². The highest BCUT2D eigenvalue weighted by Crippen LogP contribution is 2.53. The Hall–Kier alpha value is -3.53. The molecule has 6 rings (SSSR count). The zero-order valence-electron chi connectivity index (χ0n) is 17.6. The van der Waals surface area contributed by atoms with Gasteiger partial charge in [0.25, 0.3) is 0 Å². The smallest absolute Gasteiger partial charge is 0.228 e. The first-order chi connectivity index (χ1) is 15.2. The van der Waals surface area contributed by atoms with E-state index in [1.807, 2.05) is 30.3 Å². The fourth-order valence-corrected chi connectivity index (χ4v) is 5.72. The van der Waals surface area contributed by atoms with Crippen LogP contribution in [0.3, 0.4) is 0 Å². The largest absolute Gasteiger partial charge is 0.364 e. The number of benzene rings is 3. The number of carbonyl (C=O) groups excluding carboxylic acids is 1. The summed E-state index contributed by atoms with van der Waals surface area (Å²) >= 11 is 0. The van der Waals surface area contributed by atoms with Crippen LogP contribution in [0.4, 0.5) is 5.69 Å². The molecular formula is C27H25N3O. The molecule has 4 heteroatoms. The van der Waals surface area contributed by atoms with E-state index < -0.39 is 0 Å². The molecule has 0 bridgehead atoms. The Morgan fingerprint density at radius 3 is 2.58 bits per heavy atom. The number of nitrogens with one attached hydrogen (secondary N) is 2. The van der Waals surface area contributed by atoms with E-state index in [-0.39, 0.29) is 17.5 Å². The van der Waals surface area contributed by atoms with Crippen molar-refractivity contribution in [3.8, 4) is 0 Å². The Bertz CT molecular complexity index is 1290. The molecule has 0 saturated carbocycles. The Labute approximate surface area is 181 Å². The van der Waals surface area contributed by atoms with Gasteiger partial charge in [-0.2, -0.15) is 0 Å². The van der Waals surface area contributed by atoms with Gasteiger partial charge in [0.2, 0.25) is 5.91 Å². The van der Waals surface area contributed by atoms with E-state index >= 15 is 0 Å². The number of aryl methyl sites for hydroxylation is 1. The number of hydrogen-bond acceptors (Lipinski definition) is 2. The van der Waals surface area contributed by atoms with E-state index in [2.05, 4.69) is 70.7 Å². The van der Waals surface area contributed by atoms with Gasteiger partial charge in [0.15, 0.2) is 0 Å². The number of likely N-dealkylation sites (tertiary alicyclic amines) is 1. The summed E-state index contributed by atoms with van der Waals surface area (Å²) in [6.45, 7) is 2.95. The number of amides is 1. The molecule has 2 N–H and O–H groups in total. The van der Waals surface area contributed by atoms with Crippen molar-refractivity contribution in [2.45, 2.75) is 31.3 Å². The number of H-pyrrole nitrogens is 1. The van der Waals surface area contributed by atoms with Gasteiger partial charge in [-0.15, -0.1) is 0 Å². The first-order valence-corrected chi connectivity index (χ1v) is 11.0. The van der Waals surface area contributed by atoms with E-state index in [1.54, 1.807) is 0 Å². The summed E-state index contributed by atoms with van der Waals surface area (Å²) in [7, 11) is 0. The van der Waals surface area contributed by atoms with Crippen LogP contribution in [0.2, 0.25) is 0 Å². The normalized spacial score (nSPS) is 21.7. The second-order valence-electron chi connectivity index (χ2n) is 8.73. The molecule has 3 heterocycles. The van der Waals surface area contributed by atoms with Crippen molar-refractivity contribution in [2.75, 3.05) is 11.9 Å². The summed E-state index contributed by atoms with van der Waals surface area (Å²) in [5.41, 5.74) is 6.85. The van der Waals surface area contributed by atoms with Gasteiger partial charge in [0, 0.05) is 28.8 Å². The predicted molar refractivity (Wildman–Crippen MR) is 124 cm³/mol. The molecule has 2 aliphatic rings. The third-order valence-electron chi connectivity index (χ3n) is 7.16. The first kappa shape index (κ1) is 18.3. The van der Waals surface area contributed by atoms with Crippen molar-refractivity contribution in [3.63, 3.8) is 0 Å². The van der Waals surface area contributed by atoms with Gasteiger partial charge in [-0.25, -0.2) is 0 Å². The van der Waals surface area contributed by atoms with Crippen molar-refractivity contribution in [1.29, 1.82) is 0 Å².